The smallest absolute Gasteiger partial charge is 0.254 e. The Labute approximate surface area is 146 Å². The van der Waals surface area contributed by atoms with Crippen molar-refractivity contribution in [1.29, 1.82) is 0 Å². The second-order valence-corrected chi connectivity index (χ2v) is 6.19. The summed E-state index contributed by atoms with van der Waals surface area (Å²) >= 11 is 0. The van der Waals surface area contributed by atoms with Gasteiger partial charge in [-0.1, -0.05) is 18.2 Å². The molecule has 0 spiro atoms. The van der Waals surface area contributed by atoms with Crippen molar-refractivity contribution in [2.75, 3.05) is 6.54 Å². The Morgan fingerprint density at radius 2 is 2.08 bits per heavy atom. The lowest BCUT2D eigenvalue weighted by molar-refractivity contribution is 0.0732. The van der Waals surface area contributed by atoms with Crippen molar-refractivity contribution in [2.45, 2.75) is 25.8 Å². The summed E-state index contributed by atoms with van der Waals surface area (Å²) in [5.74, 6) is 1.45. The predicted molar refractivity (Wildman–Crippen MR) is 93.8 cm³/mol. The fourth-order valence-electron chi connectivity index (χ4n) is 3.35. The highest BCUT2D eigenvalue weighted by molar-refractivity contribution is 5.94. The SMILES string of the molecule is Cc1nc(-c2ncc[nH]2)cc(C2CCCN2C(=O)c2ccccc2)n1. The van der Waals surface area contributed by atoms with E-state index >= 15 is 0 Å². The molecule has 0 bridgehead atoms. The van der Waals surface area contributed by atoms with Crippen LogP contribution in [0.5, 0.6) is 0 Å². The first kappa shape index (κ1) is 15.5. The van der Waals surface area contributed by atoms with Crippen LogP contribution in [0, 0.1) is 6.92 Å². The fourth-order valence-corrected chi connectivity index (χ4v) is 3.35. The number of aromatic nitrogens is 4. The number of benzene rings is 1. The Bertz CT molecular complexity index is 876. The van der Waals surface area contributed by atoms with Gasteiger partial charge in [-0.25, -0.2) is 15.0 Å². The molecule has 25 heavy (non-hydrogen) atoms. The summed E-state index contributed by atoms with van der Waals surface area (Å²) in [6, 6.07) is 11.3. The molecule has 1 atom stereocenters. The summed E-state index contributed by atoms with van der Waals surface area (Å²) < 4.78 is 0. The fraction of sp³-hybridized carbons (Fsp3) is 0.263. The monoisotopic (exact) mass is 333 g/mol. The third-order valence-electron chi connectivity index (χ3n) is 4.47. The van der Waals surface area contributed by atoms with Crippen LogP contribution in [0.1, 0.15) is 40.8 Å². The van der Waals surface area contributed by atoms with Gasteiger partial charge in [-0.05, 0) is 38.0 Å². The Hall–Kier alpha value is -3.02. The number of aryl methyl sites for hydroxylation is 1. The van der Waals surface area contributed by atoms with Gasteiger partial charge in [0.25, 0.3) is 5.91 Å². The van der Waals surface area contributed by atoms with Crippen molar-refractivity contribution in [2.24, 2.45) is 0 Å². The maximum absolute atomic E-state index is 12.9. The number of nitrogens with one attached hydrogen (secondary N) is 1. The minimum atomic E-state index is -0.0249. The first-order chi connectivity index (χ1) is 12.2. The van der Waals surface area contributed by atoms with E-state index in [1.165, 1.54) is 0 Å². The van der Waals surface area contributed by atoms with Crippen molar-refractivity contribution in [3.63, 3.8) is 0 Å². The number of likely N-dealkylation sites (tertiary alicyclic amines) is 1. The number of carbonyl (C=O) groups excluding carboxylic acids is 1. The van der Waals surface area contributed by atoms with E-state index in [0.717, 1.165) is 30.8 Å². The molecule has 1 N–H and O–H groups in total. The molecule has 1 fully saturated rings. The van der Waals surface area contributed by atoms with Crippen LogP contribution in [-0.2, 0) is 0 Å². The van der Waals surface area contributed by atoms with Crippen molar-refractivity contribution < 1.29 is 4.79 Å². The van der Waals surface area contributed by atoms with Crippen molar-refractivity contribution in [1.82, 2.24) is 24.8 Å². The van der Waals surface area contributed by atoms with Crippen molar-refractivity contribution >= 4 is 5.91 Å². The summed E-state index contributed by atoms with van der Waals surface area (Å²) in [5, 5.41) is 0. The molecule has 4 rings (SSSR count). The highest BCUT2D eigenvalue weighted by atomic mass is 16.2. The molecule has 2 aromatic heterocycles. The molecular formula is C19H19N5O. The van der Waals surface area contributed by atoms with Crippen LogP contribution in [0.3, 0.4) is 0 Å². The highest BCUT2D eigenvalue weighted by Crippen LogP contribution is 2.33. The van der Waals surface area contributed by atoms with Crippen LogP contribution in [0.15, 0.2) is 48.8 Å². The van der Waals surface area contributed by atoms with Gasteiger partial charge in [-0.15, -0.1) is 0 Å². The van der Waals surface area contributed by atoms with E-state index < -0.39 is 0 Å². The van der Waals surface area contributed by atoms with Crippen LogP contribution in [0.4, 0.5) is 0 Å². The van der Waals surface area contributed by atoms with Gasteiger partial charge < -0.3 is 9.88 Å². The summed E-state index contributed by atoms with van der Waals surface area (Å²) in [5.41, 5.74) is 2.35. The van der Waals surface area contributed by atoms with Crippen LogP contribution in [0.2, 0.25) is 0 Å². The van der Waals surface area contributed by atoms with Gasteiger partial charge in [-0.3, -0.25) is 4.79 Å². The van der Waals surface area contributed by atoms with Gasteiger partial charge in [-0.2, -0.15) is 0 Å². The van der Waals surface area contributed by atoms with E-state index in [1.54, 1.807) is 12.4 Å². The van der Waals surface area contributed by atoms with Gasteiger partial charge in [0.1, 0.15) is 11.5 Å². The molecule has 0 aliphatic carbocycles. The molecule has 1 amide bonds. The van der Waals surface area contributed by atoms with Gasteiger partial charge in [0.2, 0.25) is 0 Å². The molecule has 1 saturated heterocycles. The number of nitrogens with zero attached hydrogens (tertiary/aromatic N) is 4. The van der Waals surface area contributed by atoms with Gasteiger partial charge >= 0.3 is 0 Å². The number of imidazole rings is 1. The Kier molecular flexibility index (Phi) is 4.01. The highest BCUT2D eigenvalue weighted by Gasteiger charge is 2.32. The number of hydrogen-bond donors (Lipinski definition) is 1. The van der Waals surface area contributed by atoms with Crippen molar-refractivity contribution in [3.8, 4) is 11.5 Å². The zero-order chi connectivity index (χ0) is 17.2. The average molecular weight is 333 g/mol. The lowest BCUT2D eigenvalue weighted by Gasteiger charge is -2.25. The Morgan fingerprint density at radius 3 is 2.84 bits per heavy atom. The molecule has 1 aromatic carbocycles. The predicted octanol–water partition coefficient (Wildman–Crippen LogP) is 3.15. The molecular weight excluding hydrogens is 314 g/mol. The lowest BCUT2D eigenvalue weighted by atomic mass is 10.1. The number of H-pyrrole nitrogens is 1. The maximum atomic E-state index is 12.9. The molecule has 1 aliphatic heterocycles. The standard InChI is InChI=1S/C19H19N5O/c1-13-22-15(12-16(23-13)18-20-9-10-21-18)17-8-5-11-24(17)19(25)14-6-3-2-4-7-14/h2-4,6-7,9-10,12,17H,5,8,11H2,1H3,(H,20,21). The number of aromatic amines is 1. The van der Waals surface area contributed by atoms with E-state index in [-0.39, 0.29) is 11.9 Å². The van der Waals surface area contributed by atoms with Gasteiger partial charge in [0, 0.05) is 24.5 Å². The Balaban J connectivity index is 1.68. The zero-order valence-electron chi connectivity index (χ0n) is 14.0. The molecule has 1 unspecified atom stereocenters. The molecule has 6 nitrogen and oxygen atoms in total. The van der Waals surface area contributed by atoms with E-state index in [9.17, 15) is 4.79 Å². The molecule has 6 heteroatoms. The second-order valence-electron chi connectivity index (χ2n) is 6.19. The number of amides is 1. The largest absolute Gasteiger partial charge is 0.343 e. The Morgan fingerprint density at radius 1 is 1.24 bits per heavy atom. The molecule has 1 aliphatic rings. The summed E-state index contributed by atoms with van der Waals surface area (Å²) in [4.78, 5) is 31.2. The molecule has 0 saturated carbocycles. The topological polar surface area (TPSA) is 74.8 Å². The van der Waals surface area contributed by atoms with Gasteiger partial charge in [0.15, 0.2) is 5.82 Å². The third kappa shape index (κ3) is 3.03. The average Bonchev–Trinajstić information content (AvgIpc) is 3.33. The normalized spacial score (nSPS) is 17.0. The van der Waals surface area contributed by atoms with E-state index in [0.29, 0.717) is 17.2 Å². The lowest BCUT2D eigenvalue weighted by Crippen LogP contribution is -2.31. The first-order valence-electron chi connectivity index (χ1n) is 8.44. The zero-order valence-corrected chi connectivity index (χ0v) is 14.0. The third-order valence-corrected chi connectivity index (χ3v) is 4.47. The van der Waals surface area contributed by atoms with E-state index in [2.05, 4.69) is 19.9 Å². The molecule has 126 valence electrons. The van der Waals surface area contributed by atoms with Crippen molar-refractivity contribution in [3.05, 3.63) is 65.9 Å². The molecule has 0 radical (unpaired) electrons. The molecule has 3 aromatic rings. The number of rotatable bonds is 3. The number of hydrogen-bond acceptors (Lipinski definition) is 4. The first-order valence-corrected chi connectivity index (χ1v) is 8.44. The summed E-state index contributed by atoms with van der Waals surface area (Å²) in [6.45, 7) is 2.62. The van der Waals surface area contributed by atoms with Crippen LogP contribution < -0.4 is 0 Å². The van der Waals surface area contributed by atoms with E-state index in [1.807, 2.05) is 48.2 Å². The maximum Gasteiger partial charge on any atom is 0.254 e. The minimum Gasteiger partial charge on any atom is -0.343 e. The van der Waals surface area contributed by atoms with Crippen LogP contribution in [-0.4, -0.2) is 37.3 Å². The van der Waals surface area contributed by atoms with E-state index in [4.69, 9.17) is 0 Å². The van der Waals surface area contributed by atoms with Crippen LogP contribution in [0.25, 0.3) is 11.5 Å². The van der Waals surface area contributed by atoms with Crippen LogP contribution >= 0.6 is 0 Å². The quantitative estimate of drug-likeness (QED) is 0.799. The summed E-state index contributed by atoms with van der Waals surface area (Å²) in [7, 11) is 0. The minimum absolute atomic E-state index is 0.0249. The molecule has 3 heterocycles. The summed E-state index contributed by atoms with van der Waals surface area (Å²) in [6.07, 6.45) is 5.36. The second kappa shape index (κ2) is 6.47. The number of carbonyl (C=O) groups is 1. The van der Waals surface area contributed by atoms with Gasteiger partial charge in [0.05, 0.1) is 11.7 Å².